The summed E-state index contributed by atoms with van der Waals surface area (Å²) in [6.07, 6.45) is 0. The molecule has 1 saturated heterocycles. The highest BCUT2D eigenvalue weighted by Crippen LogP contribution is 2.50. The van der Waals surface area contributed by atoms with Crippen molar-refractivity contribution in [3.8, 4) is 5.75 Å². The number of para-hydroxylation sites is 1. The van der Waals surface area contributed by atoms with Gasteiger partial charge in [0.15, 0.2) is 5.17 Å². The molecule has 2 aliphatic heterocycles. The Morgan fingerprint density at radius 1 is 0.763 bits per heavy atom. The SMILES string of the molecule is CN1/C(=C2/S/C(=N/c3ccc(OCc4ccccc4)cc3)N(Cc3ccccc3)C2=O)Sc2ccccc21. The summed E-state index contributed by atoms with van der Waals surface area (Å²) in [6.45, 7) is 0.969. The molecule has 38 heavy (non-hydrogen) atoms. The first-order valence-corrected chi connectivity index (χ1v) is 13.9. The van der Waals surface area contributed by atoms with E-state index in [4.69, 9.17) is 9.73 Å². The first kappa shape index (κ1) is 24.4. The fourth-order valence-corrected chi connectivity index (χ4v) is 6.64. The van der Waals surface area contributed by atoms with Gasteiger partial charge in [0.05, 0.1) is 22.9 Å². The Morgan fingerprint density at radius 3 is 2.13 bits per heavy atom. The van der Waals surface area contributed by atoms with Crippen LogP contribution >= 0.6 is 23.5 Å². The fraction of sp³-hybridized carbons (Fsp3) is 0.0968. The predicted octanol–water partition coefficient (Wildman–Crippen LogP) is 7.44. The van der Waals surface area contributed by atoms with Gasteiger partial charge in [0.1, 0.15) is 17.3 Å². The molecule has 0 spiro atoms. The van der Waals surface area contributed by atoms with Crippen molar-refractivity contribution in [2.45, 2.75) is 18.0 Å². The third-order valence-corrected chi connectivity index (χ3v) is 8.72. The summed E-state index contributed by atoms with van der Waals surface area (Å²) in [5, 5.41) is 1.61. The van der Waals surface area contributed by atoms with Gasteiger partial charge in [-0.2, -0.15) is 0 Å². The summed E-state index contributed by atoms with van der Waals surface area (Å²) in [5.74, 6) is 0.751. The molecule has 0 bridgehead atoms. The zero-order valence-electron chi connectivity index (χ0n) is 20.8. The van der Waals surface area contributed by atoms with Gasteiger partial charge in [-0.25, -0.2) is 4.99 Å². The van der Waals surface area contributed by atoms with Crippen molar-refractivity contribution >= 4 is 46.0 Å². The largest absolute Gasteiger partial charge is 0.489 e. The summed E-state index contributed by atoms with van der Waals surface area (Å²) >= 11 is 3.07. The molecule has 4 aromatic rings. The number of fused-ring (bicyclic) bond motifs is 1. The van der Waals surface area contributed by atoms with Gasteiger partial charge in [0.25, 0.3) is 5.91 Å². The van der Waals surface area contributed by atoms with Crippen molar-refractivity contribution in [3.05, 3.63) is 130 Å². The van der Waals surface area contributed by atoms with Gasteiger partial charge in [0.2, 0.25) is 0 Å². The van der Waals surface area contributed by atoms with Crippen LogP contribution in [0.2, 0.25) is 0 Å². The van der Waals surface area contributed by atoms with Crippen LogP contribution in [0.1, 0.15) is 11.1 Å². The lowest BCUT2D eigenvalue weighted by atomic mass is 10.2. The number of aliphatic imine (C=N–C) groups is 1. The lowest BCUT2D eigenvalue weighted by Gasteiger charge is -2.17. The van der Waals surface area contributed by atoms with Crippen LogP contribution in [-0.2, 0) is 17.9 Å². The molecule has 6 rings (SSSR count). The van der Waals surface area contributed by atoms with Crippen LogP contribution in [0.5, 0.6) is 5.75 Å². The molecule has 7 heteroatoms. The maximum absolute atomic E-state index is 13.8. The van der Waals surface area contributed by atoms with Crippen LogP contribution < -0.4 is 9.64 Å². The number of carbonyl (C=O) groups excluding carboxylic acids is 1. The Balaban J connectivity index is 1.28. The molecule has 188 valence electrons. The summed E-state index contributed by atoms with van der Waals surface area (Å²) < 4.78 is 5.93. The van der Waals surface area contributed by atoms with E-state index in [1.54, 1.807) is 16.7 Å². The Morgan fingerprint density at radius 2 is 1.42 bits per heavy atom. The van der Waals surface area contributed by atoms with Crippen molar-refractivity contribution in [3.63, 3.8) is 0 Å². The van der Waals surface area contributed by atoms with Crippen molar-refractivity contribution in [2.24, 2.45) is 4.99 Å². The second-order valence-corrected chi connectivity index (χ2v) is 10.9. The first-order chi connectivity index (χ1) is 18.7. The zero-order valence-corrected chi connectivity index (χ0v) is 22.4. The second-order valence-electron chi connectivity index (χ2n) is 8.90. The summed E-state index contributed by atoms with van der Waals surface area (Å²) in [4.78, 5) is 24.4. The van der Waals surface area contributed by atoms with E-state index < -0.39 is 0 Å². The number of hydrogen-bond donors (Lipinski definition) is 0. The van der Waals surface area contributed by atoms with Gasteiger partial charge in [-0.05, 0) is 59.3 Å². The number of amidine groups is 1. The van der Waals surface area contributed by atoms with Crippen LogP contribution in [0.15, 0.2) is 129 Å². The van der Waals surface area contributed by atoms with Gasteiger partial charge in [-0.1, -0.05) is 84.6 Å². The third kappa shape index (κ3) is 5.08. The quantitative estimate of drug-likeness (QED) is 0.240. The number of thioether (sulfide) groups is 2. The minimum Gasteiger partial charge on any atom is -0.489 e. The second kappa shape index (κ2) is 10.8. The smallest absolute Gasteiger partial charge is 0.269 e. The van der Waals surface area contributed by atoms with Gasteiger partial charge >= 0.3 is 0 Å². The van der Waals surface area contributed by atoms with E-state index in [2.05, 4.69) is 17.0 Å². The topological polar surface area (TPSA) is 45.1 Å². The molecule has 0 saturated carbocycles. The average molecular weight is 536 g/mol. The minimum atomic E-state index is -0.0254. The predicted molar refractivity (Wildman–Crippen MR) is 157 cm³/mol. The first-order valence-electron chi connectivity index (χ1n) is 12.3. The molecule has 4 aromatic carbocycles. The molecule has 1 fully saturated rings. The van der Waals surface area contributed by atoms with Crippen LogP contribution in [0, 0.1) is 0 Å². The van der Waals surface area contributed by atoms with E-state index in [-0.39, 0.29) is 5.91 Å². The maximum Gasteiger partial charge on any atom is 0.269 e. The van der Waals surface area contributed by atoms with E-state index in [0.717, 1.165) is 38.2 Å². The van der Waals surface area contributed by atoms with E-state index >= 15 is 0 Å². The van der Waals surface area contributed by atoms with Gasteiger partial charge in [-0.15, -0.1) is 0 Å². The van der Waals surface area contributed by atoms with Gasteiger partial charge in [0, 0.05) is 11.9 Å². The Labute approximate surface area is 230 Å². The number of hydrogen-bond acceptors (Lipinski definition) is 6. The highest BCUT2D eigenvalue weighted by atomic mass is 32.2. The standard InChI is InChI=1S/C31H25N3O2S2/c1-33-26-14-8-9-15-27(26)37-30(33)28-29(35)34(20-22-10-4-2-5-11-22)31(38-28)32-24-16-18-25(19-17-24)36-21-23-12-6-3-7-13-23/h2-19H,20-21H2,1H3/b30-28-,32-31+. The van der Waals surface area contributed by atoms with E-state index in [9.17, 15) is 4.79 Å². The molecule has 0 radical (unpaired) electrons. The van der Waals surface area contributed by atoms with Crippen molar-refractivity contribution < 1.29 is 9.53 Å². The average Bonchev–Trinajstić information content (AvgIpc) is 3.45. The molecule has 0 N–H and O–H groups in total. The molecule has 1 amide bonds. The highest BCUT2D eigenvalue weighted by molar-refractivity contribution is 8.19. The number of benzene rings is 4. The lowest BCUT2D eigenvalue weighted by molar-refractivity contribution is -0.122. The molecular weight excluding hydrogens is 510 g/mol. The summed E-state index contributed by atoms with van der Waals surface area (Å²) in [5.41, 5.74) is 4.05. The lowest BCUT2D eigenvalue weighted by Crippen LogP contribution is -2.29. The maximum atomic E-state index is 13.8. The number of anilines is 1. The minimum absolute atomic E-state index is 0.0254. The Kier molecular flexibility index (Phi) is 6.94. The Bertz CT molecular complexity index is 1520. The van der Waals surface area contributed by atoms with Crippen LogP contribution in [0.4, 0.5) is 11.4 Å². The fourth-order valence-electron chi connectivity index (χ4n) is 4.29. The van der Waals surface area contributed by atoms with Crippen molar-refractivity contribution in [2.75, 3.05) is 11.9 Å². The molecule has 0 atom stereocenters. The van der Waals surface area contributed by atoms with Crippen LogP contribution in [0.3, 0.4) is 0 Å². The van der Waals surface area contributed by atoms with Crippen molar-refractivity contribution in [1.82, 2.24) is 4.90 Å². The monoisotopic (exact) mass is 535 g/mol. The summed E-state index contributed by atoms with van der Waals surface area (Å²) in [7, 11) is 2.01. The van der Waals surface area contributed by atoms with Gasteiger partial charge < -0.3 is 9.64 Å². The molecule has 2 heterocycles. The number of nitrogens with zero attached hydrogens (tertiary/aromatic N) is 3. The zero-order chi connectivity index (χ0) is 25.9. The normalized spacial score (nSPS) is 17.8. The number of amides is 1. The number of carbonyl (C=O) groups is 1. The van der Waals surface area contributed by atoms with Crippen molar-refractivity contribution in [1.29, 1.82) is 0 Å². The van der Waals surface area contributed by atoms with E-state index in [0.29, 0.717) is 23.2 Å². The number of rotatable bonds is 6. The Hall–Kier alpha value is -3.94. The summed E-state index contributed by atoms with van der Waals surface area (Å²) in [6, 6.07) is 36.0. The van der Waals surface area contributed by atoms with Crippen LogP contribution in [0.25, 0.3) is 0 Å². The molecule has 5 nitrogen and oxygen atoms in total. The molecule has 0 aliphatic carbocycles. The molecule has 0 unspecified atom stereocenters. The highest BCUT2D eigenvalue weighted by Gasteiger charge is 2.39. The molecule has 2 aliphatic rings. The van der Waals surface area contributed by atoms with Crippen LogP contribution in [-0.4, -0.2) is 23.0 Å². The number of ether oxygens (including phenoxy) is 1. The van der Waals surface area contributed by atoms with E-state index in [1.165, 1.54) is 11.8 Å². The van der Waals surface area contributed by atoms with E-state index in [1.807, 2.05) is 104 Å². The third-order valence-electron chi connectivity index (χ3n) is 6.29. The molecule has 0 aromatic heterocycles. The molecular formula is C31H25N3O2S2. The van der Waals surface area contributed by atoms with Gasteiger partial charge in [-0.3, -0.25) is 9.69 Å².